The minimum absolute atomic E-state index is 0.0915. The number of aromatic nitrogens is 2. The molecule has 1 rings (SSSR count). The van der Waals surface area contributed by atoms with Crippen LogP contribution >= 0.6 is 0 Å². The molecule has 0 amide bonds. The van der Waals surface area contributed by atoms with Gasteiger partial charge in [-0.2, -0.15) is 0 Å². The Morgan fingerprint density at radius 3 is 2.42 bits per heavy atom. The predicted molar refractivity (Wildman–Crippen MR) is 82.3 cm³/mol. The zero-order valence-electron chi connectivity index (χ0n) is 13.1. The zero-order chi connectivity index (χ0) is 14.6. The number of hydrogen-bond acceptors (Lipinski definition) is 4. The molecule has 0 aliphatic heterocycles. The Labute approximate surface area is 117 Å². The normalized spacial score (nSPS) is 15.1. The minimum atomic E-state index is -0.0915. The van der Waals surface area contributed by atoms with Crippen LogP contribution in [-0.2, 0) is 5.41 Å². The second-order valence-electron chi connectivity index (χ2n) is 6.55. The van der Waals surface area contributed by atoms with Gasteiger partial charge in [-0.25, -0.2) is 9.97 Å². The largest absolute Gasteiger partial charge is 0.384 e. The van der Waals surface area contributed by atoms with Crippen LogP contribution in [0.25, 0.3) is 0 Å². The number of nitrogen functional groups attached to an aromatic ring is 1. The summed E-state index contributed by atoms with van der Waals surface area (Å²) in [7, 11) is 0. The molecule has 0 radical (unpaired) electrons. The summed E-state index contributed by atoms with van der Waals surface area (Å²) in [5.41, 5.74) is 5.78. The molecule has 0 spiro atoms. The van der Waals surface area contributed by atoms with E-state index in [0.717, 1.165) is 18.1 Å². The van der Waals surface area contributed by atoms with Crippen LogP contribution in [0, 0.1) is 5.92 Å². The van der Waals surface area contributed by atoms with Gasteiger partial charge in [-0.3, -0.25) is 0 Å². The fourth-order valence-corrected chi connectivity index (χ4v) is 1.96. The first-order chi connectivity index (χ1) is 8.72. The van der Waals surface area contributed by atoms with Gasteiger partial charge in [-0.05, 0) is 19.3 Å². The van der Waals surface area contributed by atoms with Crippen molar-refractivity contribution in [2.24, 2.45) is 5.92 Å². The van der Waals surface area contributed by atoms with Gasteiger partial charge in [-0.15, -0.1) is 0 Å². The maximum absolute atomic E-state index is 5.87. The number of nitrogens with zero attached hydrogens (tertiary/aromatic N) is 2. The smallest absolute Gasteiger partial charge is 0.138 e. The number of nitrogens with two attached hydrogens (primary N) is 1. The molecule has 0 saturated heterocycles. The van der Waals surface area contributed by atoms with Gasteiger partial charge in [0.2, 0.25) is 0 Å². The molecule has 0 bridgehead atoms. The van der Waals surface area contributed by atoms with Crippen molar-refractivity contribution in [3.63, 3.8) is 0 Å². The maximum Gasteiger partial charge on any atom is 0.138 e. The van der Waals surface area contributed by atoms with Crippen LogP contribution in [0.4, 0.5) is 11.6 Å². The molecule has 0 aliphatic carbocycles. The van der Waals surface area contributed by atoms with Crippen molar-refractivity contribution >= 4 is 11.6 Å². The quantitative estimate of drug-likeness (QED) is 0.853. The average Bonchev–Trinajstić information content (AvgIpc) is 2.26. The van der Waals surface area contributed by atoms with E-state index in [-0.39, 0.29) is 5.41 Å². The topological polar surface area (TPSA) is 63.8 Å². The molecule has 1 aromatic heterocycles. The van der Waals surface area contributed by atoms with Gasteiger partial charge in [0, 0.05) is 17.5 Å². The van der Waals surface area contributed by atoms with Crippen molar-refractivity contribution < 1.29 is 0 Å². The van der Waals surface area contributed by atoms with Crippen LogP contribution in [0.1, 0.15) is 60.2 Å². The molecule has 3 N–H and O–H groups in total. The molecule has 108 valence electrons. The van der Waals surface area contributed by atoms with Gasteiger partial charge in [0.25, 0.3) is 0 Å². The van der Waals surface area contributed by atoms with Crippen LogP contribution < -0.4 is 11.1 Å². The van der Waals surface area contributed by atoms with E-state index in [4.69, 9.17) is 5.73 Å². The van der Waals surface area contributed by atoms with Crippen LogP contribution in [0.2, 0.25) is 0 Å². The highest BCUT2D eigenvalue weighted by Gasteiger charge is 2.19. The fourth-order valence-electron chi connectivity index (χ4n) is 1.96. The third-order valence-electron chi connectivity index (χ3n) is 3.26. The summed E-state index contributed by atoms with van der Waals surface area (Å²) in [5, 5.41) is 3.43. The van der Waals surface area contributed by atoms with Crippen molar-refractivity contribution in [1.82, 2.24) is 9.97 Å². The van der Waals surface area contributed by atoms with Crippen LogP contribution in [0.3, 0.4) is 0 Å². The molecule has 0 aromatic carbocycles. The molecule has 0 saturated carbocycles. The lowest BCUT2D eigenvalue weighted by Gasteiger charge is -2.21. The fraction of sp³-hybridized carbons (Fsp3) is 0.733. The second kappa shape index (κ2) is 6.22. The maximum atomic E-state index is 5.87. The Morgan fingerprint density at radius 1 is 1.26 bits per heavy atom. The first kappa shape index (κ1) is 15.7. The Hall–Kier alpha value is -1.32. The Kier molecular flexibility index (Phi) is 5.15. The molecule has 1 heterocycles. The standard InChI is InChI=1S/C15H28N4/c1-7-10(2)8-11(3)17-13-9-12(16)18-14(19-13)15(4,5)6/h9-11H,7-8H2,1-6H3,(H3,16,17,18,19). The first-order valence-corrected chi connectivity index (χ1v) is 7.14. The van der Waals surface area contributed by atoms with Crippen molar-refractivity contribution in [3.05, 3.63) is 11.9 Å². The highest BCUT2D eigenvalue weighted by atomic mass is 15.1. The molecular formula is C15H28N4. The molecule has 4 heteroatoms. The lowest BCUT2D eigenvalue weighted by molar-refractivity contribution is 0.482. The van der Waals surface area contributed by atoms with Crippen LogP contribution in [0.5, 0.6) is 0 Å². The Bertz CT molecular complexity index is 409. The SMILES string of the molecule is CCC(C)CC(C)Nc1cc(N)nc(C(C)(C)C)n1. The molecular weight excluding hydrogens is 236 g/mol. The zero-order valence-corrected chi connectivity index (χ0v) is 13.1. The summed E-state index contributed by atoms with van der Waals surface area (Å²) in [4.78, 5) is 8.89. The van der Waals surface area contributed by atoms with Gasteiger partial charge in [0.1, 0.15) is 17.5 Å². The van der Waals surface area contributed by atoms with Crippen LogP contribution in [-0.4, -0.2) is 16.0 Å². The molecule has 0 aliphatic rings. The van der Waals surface area contributed by atoms with E-state index >= 15 is 0 Å². The van der Waals surface area contributed by atoms with Crippen molar-refractivity contribution in [2.45, 2.75) is 65.8 Å². The van der Waals surface area contributed by atoms with E-state index < -0.39 is 0 Å². The van der Waals surface area contributed by atoms with E-state index in [1.165, 1.54) is 6.42 Å². The summed E-state index contributed by atoms with van der Waals surface area (Å²) in [6, 6.07) is 2.19. The summed E-state index contributed by atoms with van der Waals surface area (Å²) in [5.74, 6) is 2.85. The predicted octanol–water partition coefficient (Wildman–Crippen LogP) is 3.59. The summed E-state index contributed by atoms with van der Waals surface area (Å²) in [6.45, 7) is 12.9. The molecule has 2 atom stereocenters. The third kappa shape index (κ3) is 5.05. The van der Waals surface area contributed by atoms with Gasteiger partial charge < -0.3 is 11.1 Å². The lowest BCUT2D eigenvalue weighted by atomic mass is 9.95. The van der Waals surface area contributed by atoms with Gasteiger partial charge in [0.15, 0.2) is 0 Å². The van der Waals surface area contributed by atoms with E-state index in [1.807, 2.05) is 6.07 Å². The lowest BCUT2D eigenvalue weighted by Crippen LogP contribution is -2.22. The third-order valence-corrected chi connectivity index (χ3v) is 3.26. The molecule has 0 fully saturated rings. The minimum Gasteiger partial charge on any atom is -0.384 e. The number of nitrogens with one attached hydrogen (secondary N) is 1. The summed E-state index contributed by atoms with van der Waals surface area (Å²) >= 11 is 0. The molecule has 4 nitrogen and oxygen atoms in total. The number of anilines is 2. The summed E-state index contributed by atoms with van der Waals surface area (Å²) < 4.78 is 0. The number of hydrogen-bond donors (Lipinski definition) is 2. The highest BCUT2D eigenvalue weighted by Crippen LogP contribution is 2.22. The van der Waals surface area contributed by atoms with E-state index in [2.05, 4.69) is 56.8 Å². The Morgan fingerprint density at radius 2 is 1.89 bits per heavy atom. The van der Waals surface area contributed by atoms with E-state index in [9.17, 15) is 0 Å². The van der Waals surface area contributed by atoms with Crippen molar-refractivity contribution in [2.75, 3.05) is 11.1 Å². The molecule has 19 heavy (non-hydrogen) atoms. The second-order valence-corrected chi connectivity index (χ2v) is 6.55. The van der Waals surface area contributed by atoms with Crippen LogP contribution in [0.15, 0.2) is 6.07 Å². The van der Waals surface area contributed by atoms with Gasteiger partial charge in [-0.1, -0.05) is 41.0 Å². The van der Waals surface area contributed by atoms with E-state index in [1.54, 1.807) is 0 Å². The Balaban J connectivity index is 2.81. The first-order valence-electron chi connectivity index (χ1n) is 7.14. The molecule has 1 aromatic rings. The highest BCUT2D eigenvalue weighted by molar-refractivity contribution is 5.45. The van der Waals surface area contributed by atoms with Gasteiger partial charge >= 0.3 is 0 Å². The monoisotopic (exact) mass is 264 g/mol. The van der Waals surface area contributed by atoms with Crippen molar-refractivity contribution in [3.8, 4) is 0 Å². The van der Waals surface area contributed by atoms with Crippen molar-refractivity contribution in [1.29, 1.82) is 0 Å². The van der Waals surface area contributed by atoms with Gasteiger partial charge in [0.05, 0.1) is 0 Å². The van der Waals surface area contributed by atoms with E-state index in [0.29, 0.717) is 17.8 Å². The molecule has 2 unspecified atom stereocenters. The number of rotatable bonds is 5. The summed E-state index contributed by atoms with van der Waals surface area (Å²) in [6.07, 6.45) is 2.33. The average molecular weight is 264 g/mol.